The maximum atomic E-state index is 5.56. The first-order valence-electron chi connectivity index (χ1n) is 8.54. The van der Waals surface area contributed by atoms with Crippen molar-refractivity contribution in [2.45, 2.75) is 44.2 Å². The van der Waals surface area contributed by atoms with Crippen molar-refractivity contribution >= 4 is 0 Å². The number of aryl methyl sites for hydroxylation is 1. The number of nitrogens with zero attached hydrogens (tertiary/aromatic N) is 5. The summed E-state index contributed by atoms with van der Waals surface area (Å²) < 4.78 is 7.58. The normalized spacial score (nSPS) is 23.0. The van der Waals surface area contributed by atoms with E-state index in [0.717, 1.165) is 45.2 Å². The first kappa shape index (κ1) is 15.9. The molecule has 1 saturated heterocycles. The number of hydrogen-bond acceptors (Lipinski definition) is 5. The van der Waals surface area contributed by atoms with Crippen LogP contribution in [0.25, 0.3) is 0 Å². The van der Waals surface area contributed by atoms with Gasteiger partial charge >= 0.3 is 0 Å². The molecule has 6 heteroatoms. The molecule has 1 aliphatic heterocycles. The van der Waals surface area contributed by atoms with Gasteiger partial charge in [0.25, 0.3) is 0 Å². The summed E-state index contributed by atoms with van der Waals surface area (Å²) in [6, 6.07) is 0. The summed E-state index contributed by atoms with van der Waals surface area (Å²) in [6.45, 7) is 5.90. The standard InChI is InChI=1S/C16H29N5O/c1-19(12-15-18-17-14-20(15)2)13-16(6-4-3-5-7-16)21-8-10-22-11-9-21/h14H,3-13H2,1-2H3. The van der Waals surface area contributed by atoms with E-state index in [4.69, 9.17) is 4.74 Å². The zero-order chi connectivity index (χ0) is 15.4. The second-order valence-electron chi connectivity index (χ2n) is 6.91. The van der Waals surface area contributed by atoms with Crippen molar-refractivity contribution < 1.29 is 4.74 Å². The third-order valence-electron chi connectivity index (χ3n) is 5.25. The lowest BCUT2D eigenvalue weighted by atomic mass is 9.79. The Kier molecular flexibility index (Phi) is 5.10. The van der Waals surface area contributed by atoms with E-state index in [9.17, 15) is 0 Å². The molecule has 0 amide bonds. The molecule has 0 radical (unpaired) electrons. The van der Waals surface area contributed by atoms with Crippen LogP contribution in [0.1, 0.15) is 37.9 Å². The highest BCUT2D eigenvalue weighted by molar-refractivity contribution is 4.97. The number of rotatable bonds is 5. The topological polar surface area (TPSA) is 46.4 Å². The molecule has 0 N–H and O–H groups in total. The van der Waals surface area contributed by atoms with Crippen molar-refractivity contribution in [3.05, 3.63) is 12.2 Å². The van der Waals surface area contributed by atoms with Gasteiger partial charge in [0.1, 0.15) is 12.2 Å². The van der Waals surface area contributed by atoms with Crippen LogP contribution in [0, 0.1) is 0 Å². The Morgan fingerprint density at radius 3 is 2.59 bits per heavy atom. The maximum Gasteiger partial charge on any atom is 0.146 e. The molecular formula is C16H29N5O. The van der Waals surface area contributed by atoms with Gasteiger partial charge in [0.05, 0.1) is 19.8 Å². The molecule has 22 heavy (non-hydrogen) atoms. The summed E-state index contributed by atoms with van der Waals surface area (Å²) in [5.74, 6) is 1.04. The van der Waals surface area contributed by atoms with Crippen LogP contribution in [0.5, 0.6) is 0 Å². The second kappa shape index (κ2) is 7.06. The van der Waals surface area contributed by atoms with Gasteiger partial charge in [0.15, 0.2) is 0 Å². The quantitative estimate of drug-likeness (QED) is 0.820. The summed E-state index contributed by atoms with van der Waals surface area (Å²) >= 11 is 0. The van der Waals surface area contributed by atoms with Crippen molar-refractivity contribution in [2.75, 3.05) is 39.9 Å². The summed E-state index contributed by atoms with van der Waals surface area (Å²) in [4.78, 5) is 5.12. The zero-order valence-electron chi connectivity index (χ0n) is 14.0. The highest BCUT2D eigenvalue weighted by atomic mass is 16.5. The molecule has 1 saturated carbocycles. The highest BCUT2D eigenvalue weighted by Gasteiger charge is 2.39. The lowest BCUT2D eigenvalue weighted by molar-refractivity contribution is -0.0493. The molecule has 3 rings (SSSR count). The van der Waals surface area contributed by atoms with Gasteiger partial charge < -0.3 is 9.30 Å². The monoisotopic (exact) mass is 307 g/mol. The van der Waals surface area contributed by atoms with Crippen LogP contribution in [0.15, 0.2) is 6.33 Å². The third kappa shape index (κ3) is 3.50. The lowest BCUT2D eigenvalue weighted by Crippen LogP contribution is -2.59. The first-order valence-corrected chi connectivity index (χ1v) is 8.54. The van der Waals surface area contributed by atoms with E-state index in [0.29, 0.717) is 5.54 Å². The van der Waals surface area contributed by atoms with E-state index in [1.807, 2.05) is 11.6 Å². The molecule has 0 spiro atoms. The Hall–Kier alpha value is -0.980. The number of aromatic nitrogens is 3. The van der Waals surface area contributed by atoms with Crippen LogP contribution < -0.4 is 0 Å². The van der Waals surface area contributed by atoms with Crippen LogP contribution >= 0.6 is 0 Å². The average molecular weight is 307 g/mol. The van der Waals surface area contributed by atoms with E-state index < -0.39 is 0 Å². The van der Waals surface area contributed by atoms with Crippen LogP contribution in [-0.2, 0) is 18.3 Å². The van der Waals surface area contributed by atoms with Crippen molar-refractivity contribution in [1.29, 1.82) is 0 Å². The predicted molar refractivity (Wildman–Crippen MR) is 85.5 cm³/mol. The minimum Gasteiger partial charge on any atom is -0.379 e. The molecule has 2 fully saturated rings. The SMILES string of the molecule is CN(Cc1nncn1C)CC1(N2CCOCC2)CCCCC1. The second-order valence-corrected chi connectivity index (χ2v) is 6.91. The molecule has 1 aromatic rings. The first-order chi connectivity index (χ1) is 10.7. The average Bonchev–Trinajstić information content (AvgIpc) is 2.94. The van der Waals surface area contributed by atoms with Crippen molar-refractivity contribution in [3.63, 3.8) is 0 Å². The van der Waals surface area contributed by atoms with E-state index in [1.165, 1.54) is 32.1 Å². The minimum absolute atomic E-state index is 0.329. The molecule has 0 unspecified atom stereocenters. The fraction of sp³-hybridized carbons (Fsp3) is 0.875. The van der Waals surface area contributed by atoms with Crippen molar-refractivity contribution in [1.82, 2.24) is 24.6 Å². The Balaban J connectivity index is 1.67. The summed E-state index contributed by atoms with van der Waals surface area (Å²) in [5, 5.41) is 8.21. The van der Waals surface area contributed by atoms with E-state index in [1.54, 1.807) is 6.33 Å². The van der Waals surface area contributed by atoms with Gasteiger partial charge in [0, 0.05) is 32.2 Å². The molecular weight excluding hydrogens is 278 g/mol. The van der Waals surface area contributed by atoms with Crippen molar-refractivity contribution in [3.8, 4) is 0 Å². The highest BCUT2D eigenvalue weighted by Crippen LogP contribution is 2.35. The Morgan fingerprint density at radius 1 is 1.23 bits per heavy atom. The van der Waals surface area contributed by atoms with Gasteiger partial charge in [-0.15, -0.1) is 10.2 Å². The molecule has 0 atom stereocenters. The molecule has 1 aliphatic carbocycles. The Bertz CT molecular complexity index is 463. The predicted octanol–water partition coefficient (Wildman–Crippen LogP) is 1.28. The lowest BCUT2D eigenvalue weighted by Gasteiger charge is -2.49. The Labute approximate surface area is 133 Å². The van der Waals surface area contributed by atoms with Crippen molar-refractivity contribution in [2.24, 2.45) is 7.05 Å². The minimum atomic E-state index is 0.329. The molecule has 2 heterocycles. The van der Waals surface area contributed by atoms with Crippen LogP contribution in [0.3, 0.4) is 0 Å². The van der Waals surface area contributed by atoms with Gasteiger partial charge in [-0.1, -0.05) is 19.3 Å². The molecule has 0 aromatic carbocycles. The summed E-state index contributed by atoms with van der Waals surface area (Å²) in [6.07, 6.45) is 8.51. The molecule has 0 bridgehead atoms. The fourth-order valence-electron chi connectivity index (χ4n) is 4.07. The number of ether oxygens (including phenoxy) is 1. The molecule has 6 nitrogen and oxygen atoms in total. The number of likely N-dealkylation sites (N-methyl/N-ethyl adjacent to an activating group) is 1. The number of hydrogen-bond donors (Lipinski definition) is 0. The summed E-state index contributed by atoms with van der Waals surface area (Å²) in [7, 11) is 4.23. The van der Waals surface area contributed by atoms with Crippen LogP contribution in [-0.4, -0.2) is 70.0 Å². The molecule has 124 valence electrons. The largest absolute Gasteiger partial charge is 0.379 e. The van der Waals surface area contributed by atoms with Gasteiger partial charge in [0.2, 0.25) is 0 Å². The Morgan fingerprint density at radius 2 is 1.95 bits per heavy atom. The van der Waals surface area contributed by atoms with Crippen LogP contribution in [0.2, 0.25) is 0 Å². The van der Waals surface area contributed by atoms with E-state index in [2.05, 4.69) is 27.0 Å². The summed E-state index contributed by atoms with van der Waals surface area (Å²) in [5.41, 5.74) is 0.329. The maximum absolute atomic E-state index is 5.56. The van der Waals surface area contributed by atoms with E-state index >= 15 is 0 Å². The van der Waals surface area contributed by atoms with Gasteiger partial charge in [-0.25, -0.2) is 0 Å². The smallest absolute Gasteiger partial charge is 0.146 e. The fourth-order valence-corrected chi connectivity index (χ4v) is 4.07. The zero-order valence-corrected chi connectivity index (χ0v) is 14.0. The third-order valence-corrected chi connectivity index (χ3v) is 5.25. The van der Waals surface area contributed by atoms with Gasteiger partial charge in [-0.05, 0) is 19.9 Å². The van der Waals surface area contributed by atoms with Gasteiger partial charge in [-0.2, -0.15) is 0 Å². The molecule has 1 aromatic heterocycles. The van der Waals surface area contributed by atoms with E-state index in [-0.39, 0.29) is 0 Å². The number of morpholine rings is 1. The van der Waals surface area contributed by atoms with Gasteiger partial charge in [-0.3, -0.25) is 9.80 Å². The van der Waals surface area contributed by atoms with Crippen LogP contribution in [0.4, 0.5) is 0 Å². The molecule has 2 aliphatic rings.